The van der Waals surface area contributed by atoms with Gasteiger partial charge in [-0.05, 0) is 50.7 Å². The highest BCUT2D eigenvalue weighted by molar-refractivity contribution is 9.10. The average Bonchev–Trinajstić information content (AvgIpc) is 2.36. The number of phenols is 1. The molecule has 4 N–H and O–H groups in total. The lowest BCUT2D eigenvalue weighted by molar-refractivity contribution is 0.474. The quantitative estimate of drug-likeness (QED) is 0.507. The molecule has 100 valence electrons. The van der Waals surface area contributed by atoms with Crippen LogP contribution in [-0.2, 0) is 0 Å². The van der Waals surface area contributed by atoms with Gasteiger partial charge in [-0.15, -0.1) is 0 Å². The van der Waals surface area contributed by atoms with Crippen molar-refractivity contribution < 1.29 is 5.11 Å². The molecule has 0 bridgehead atoms. The summed E-state index contributed by atoms with van der Waals surface area (Å²) in [5, 5.41) is 12.9. The lowest BCUT2D eigenvalue weighted by Gasteiger charge is -2.01. The van der Waals surface area contributed by atoms with Gasteiger partial charge in [-0.25, -0.2) is 0 Å². The molecule has 1 rings (SSSR count). The second-order valence-electron chi connectivity index (χ2n) is 3.98. The van der Waals surface area contributed by atoms with Crippen LogP contribution in [0.15, 0.2) is 27.7 Å². The Hall–Kier alpha value is -0.910. The average molecular weight is 314 g/mol. The highest BCUT2D eigenvalue weighted by atomic mass is 79.9. The van der Waals surface area contributed by atoms with Gasteiger partial charge >= 0.3 is 0 Å². The minimum Gasteiger partial charge on any atom is -0.507 e. The predicted octanol–water partition coefficient (Wildman–Crippen LogP) is 1.90. The van der Waals surface area contributed by atoms with Crippen LogP contribution in [0.5, 0.6) is 5.75 Å². The van der Waals surface area contributed by atoms with E-state index in [2.05, 4.69) is 26.2 Å². The van der Waals surface area contributed by atoms with Crippen LogP contribution in [0.4, 0.5) is 0 Å². The minimum absolute atomic E-state index is 0.253. The van der Waals surface area contributed by atoms with Crippen LogP contribution in [-0.4, -0.2) is 37.5 Å². The van der Waals surface area contributed by atoms with E-state index < -0.39 is 0 Å². The van der Waals surface area contributed by atoms with Crippen LogP contribution >= 0.6 is 15.9 Å². The zero-order valence-electron chi connectivity index (χ0n) is 10.4. The highest BCUT2D eigenvalue weighted by Gasteiger charge is 1.97. The number of phenolic OH excluding ortho intramolecular Hbond substituents is 1. The van der Waals surface area contributed by atoms with Crippen LogP contribution < -0.4 is 11.1 Å². The van der Waals surface area contributed by atoms with Gasteiger partial charge in [0.25, 0.3) is 0 Å². The minimum atomic E-state index is 0.253. The van der Waals surface area contributed by atoms with Gasteiger partial charge in [-0.2, -0.15) is 0 Å². The van der Waals surface area contributed by atoms with E-state index in [1.807, 2.05) is 6.07 Å². The maximum absolute atomic E-state index is 9.60. The van der Waals surface area contributed by atoms with E-state index in [-0.39, 0.29) is 5.75 Å². The number of aromatic hydroxyl groups is 1. The Kier molecular flexibility index (Phi) is 7.64. The Morgan fingerprint density at radius 3 is 2.89 bits per heavy atom. The first-order chi connectivity index (χ1) is 8.74. The molecule has 0 radical (unpaired) electrons. The van der Waals surface area contributed by atoms with Gasteiger partial charge < -0.3 is 16.2 Å². The summed E-state index contributed by atoms with van der Waals surface area (Å²) in [5.74, 6) is 0.253. The molecule has 18 heavy (non-hydrogen) atoms. The standard InChI is InChI=1S/C13H20BrN3O/c14-12-3-4-13(18)11(9-12)10-17-8-2-7-16-6-1-5-15/h3-4,9-10,16,18H,1-2,5-8,15H2. The molecule has 1 aromatic rings. The fourth-order valence-corrected chi connectivity index (χ4v) is 1.82. The highest BCUT2D eigenvalue weighted by Crippen LogP contribution is 2.19. The third kappa shape index (κ3) is 6.14. The van der Waals surface area contributed by atoms with Crippen molar-refractivity contribution >= 4 is 22.1 Å². The molecule has 0 aromatic heterocycles. The number of benzene rings is 1. The molecule has 0 saturated heterocycles. The van der Waals surface area contributed by atoms with E-state index in [9.17, 15) is 5.11 Å². The normalized spacial score (nSPS) is 11.2. The molecule has 0 atom stereocenters. The molecule has 1 aromatic carbocycles. The second-order valence-corrected chi connectivity index (χ2v) is 4.90. The van der Waals surface area contributed by atoms with Crippen molar-refractivity contribution in [1.29, 1.82) is 0 Å². The van der Waals surface area contributed by atoms with Crippen LogP contribution in [0, 0.1) is 0 Å². The first-order valence-corrected chi connectivity index (χ1v) is 6.92. The largest absolute Gasteiger partial charge is 0.507 e. The molecule has 0 aliphatic rings. The fourth-order valence-electron chi connectivity index (χ4n) is 1.44. The second kappa shape index (κ2) is 9.08. The molecular weight excluding hydrogens is 294 g/mol. The smallest absolute Gasteiger partial charge is 0.124 e. The van der Waals surface area contributed by atoms with Gasteiger partial charge in [-0.1, -0.05) is 15.9 Å². The van der Waals surface area contributed by atoms with Gasteiger partial charge in [0, 0.05) is 22.8 Å². The van der Waals surface area contributed by atoms with Crippen molar-refractivity contribution in [3.63, 3.8) is 0 Å². The number of rotatable bonds is 8. The Bertz CT molecular complexity index is 382. The van der Waals surface area contributed by atoms with Gasteiger partial charge in [0.1, 0.15) is 5.75 Å². The molecule has 5 heteroatoms. The lowest BCUT2D eigenvalue weighted by atomic mass is 10.2. The summed E-state index contributed by atoms with van der Waals surface area (Å²) in [6.45, 7) is 3.39. The van der Waals surface area contributed by atoms with Gasteiger partial charge in [0.15, 0.2) is 0 Å². The molecule has 0 aliphatic carbocycles. The van der Waals surface area contributed by atoms with Crippen LogP contribution in [0.1, 0.15) is 18.4 Å². The van der Waals surface area contributed by atoms with Crippen LogP contribution in [0.2, 0.25) is 0 Å². The van der Waals surface area contributed by atoms with Gasteiger partial charge in [0.2, 0.25) is 0 Å². The Morgan fingerprint density at radius 2 is 2.11 bits per heavy atom. The van der Waals surface area contributed by atoms with Crippen molar-refractivity contribution in [2.75, 3.05) is 26.2 Å². The molecule has 0 aliphatic heterocycles. The zero-order chi connectivity index (χ0) is 13.2. The summed E-state index contributed by atoms with van der Waals surface area (Å²) < 4.78 is 0.935. The van der Waals surface area contributed by atoms with E-state index in [1.54, 1.807) is 18.3 Å². The summed E-state index contributed by atoms with van der Waals surface area (Å²) >= 11 is 3.36. The molecule has 0 saturated carbocycles. The topological polar surface area (TPSA) is 70.6 Å². The number of hydrogen-bond acceptors (Lipinski definition) is 4. The number of hydrogen-bond donors (Lipinski definition) is 3. The fraction of sp³-hybridized carbons (Fsp3) is 0.462. The molecular formula is C13H20BrN3O. The van der Waals surface area contributed by atoms with E-state index in [4.69, 9.17) is 5.73 Å². The van der Waals surface area contributed by atoms with E-state index >= 15 is 0 Å². The maximum Gasteiger partial charge on any atom is 0.124 e. The summed E-state index contributed by atoms with van der Waals surface area (Å²) in [4.78, 5) is 4.29. The third-order valence-corrected chi connectivity index (χ3v) is 2.91. The first-order valence-electron chi connectivity index (χ1n) is 6.13. The SMILES string of the molecule is NCCCNCCCN=Cc1cc(Br)ccc1O. The van der Waals surface area contributed by atoms with Crippen molar-refractivity contribution in [1.82, 2.24) is 5.32 Å². The van der Waals surface area contributed by atoms with Gasteiger partial charge in [-0.3, -0.25) is 4.99 Å². The molecule has 4 nitrogen and oxygen atoms in total. The van der Waals surface area contributed by atoms with E-state index in [1.165, 1.54) is 0 Å². The van der Waals surface area contributed by atoms with Gasteiger partial charge in [0.05, 0.1) is 0 Å². The number of nitrogens with two attached hydrogens (primary N) is 1. The van der Waals surface area contributed by atoms with Crippen LogP contribution in [0.25, 0.3) is 0 Å². The number of aliphatic imine (C=N–C) groups is 1. The Labute approximate surface area is 116 Å². The number of nitrogens with zero attached hydrogens (tertiary/aromatic N) is 1. The molecule has 0 unspecified atom stereocenters. The molecule has 0 spiro atoms. The first kappa shape index (κ1) is 15.1. The Balaban J connectivity index is 2.22. The zero-order valence-corrected chi connectivity index (χ0v) is 12.0. The summed E-state index contributed by atoms with van der Waals surface area (Å²) in [7, 11) is 0. The van der Waals surface area contributed by atoms with E-state index in [0.717, 1.165) is 49.1 Å². The summed E-state index contributed by atoms with van der Waals surface area (Å²) in [5.41, 5.74) is 6.13. The molecule has 0 amide bonds. The monoisotopic (exact) mass is 313 g/mol. The molecule has 0 fully saturated rings. The lowest BCUT2D eigenvalue weighted by Crippen LogP contribution is -2.19. The maximum atomic E-state index is 9.60. The van der Waals surface area contributed by atoms with Crippen molar-refractivity contribution in [3.05, 3.63) is 28.2 Å². The Morgan fingerprint density at radius 1 is 1.33 bits per heavy atom. The van der Waals surface area contributed by atoms with Crippen molar-refractivity contribution in [3.8, 4) is 5.75 Å². The van der Waals surface area contributed by atoms with Crippen molar-refractivity contribution in [2.45, 2.75) is 12.8 Å². The number of nitrogens with one attached hydrogen (secondary N) is 1. The predicted molar refractivity (Wildman–Crippen MR) is 79.4 cm³/mol. The molecule has 0 heterocycles. The van der Waals surface area contributed by atoms with Crippen molar-refractivity contribution in [2.24, 2.45) is 10.7 Å². The summed E-state index contributed by atoms with van der Waals surface area (Å²) in [6, 6.07) is 5.30. The summed E-state index contributed by atoms with van der Waals surface area (Å²) in [6.07, 6.45) is 3.70. The van der Waals surface area contributed by atoms with E-state index in [0.29, 0.717) is 0 Å². The van der Waals surface area contributed by atoms with Crippen LogP contribution in [0.3, 0.4) is 0 Å². The number of halogens is 1. The third-order valence-electron chi connectivity index (χ3n) is 2.42.